The summed E-state index contributed by atoms with van der Waals surface area (Å²) in [6, 6.07) is 8.77. The molecule has 1 atom stereocenters. The molecule has 0 spiro atoms. The van der Waals surface area contributed by atoms with Gasteiger partial charge in [0.25, 0.3) is 0 Å². The van der Waals surface area contributed by atoms with Gasteiger partial charge < -0.3 is 9.84 Å². The number of esters is 1. The van der Waals surface area contributed by atoms with Gasteiger partial charge in [0.05, 0.1) is 0 Å². The summed E-state index contributed by atoms with van der Waals surface area (Å²) in [5.41, 5.74) is -0.104. The number of carbonyl (C=O) groups excluding carboxylic acids is 1. The highest BCUT2D eigenvalue weighted by atomic mass is 16.5. The first kappa shape index (κ1) is 17.5. The zero-order chi connectivity index (χ0) is 17.6. The molecular formula is C20H20O4. The third-order valence-electron chi connectivity index (χ3n) is 3.90. The minimum Gasteiger partial charge on any atom is -0.478 e. The van der Waals surface area contributed by atoms with Crippen LogP contribution in [0.5, 0.6) is 5.75 Å². The number of ether oxygens (including phenoxy) is 1. The second-order valence-corrected chi connectivity index (χ2v) is 5.92. The number of rotatable bonds is 7. The Balaban J connectivity index is 2.08. The Morgan fingerprint density at radius 2 is 1.75 bits per heavy atom. The second-order valence-electron chi connectivity index (χ2n) is 5.92. The predicted octanol–water partition coefficient (Wildman–Crippen LogP) is 4.07. The summed E-state index contributed by atoms with van der Waals surface area (Å²) in [6.07, 6.45) is 8.80. The van der Waals surface area contributed by atoms with E-state index in [0.29, 0.717) is 24.2 Å². The molecule has 1 N–H and O–H groups in total. The van der Waals surface area contributed by atoms with Crippen LogP contribution in [0.15, 0.2) is 78.9 Å². The van der Waals surface area contributed by atoms with Crippen molar-refractivity contribution in [2.75, 3.05) is 0 Å². The highest BCUT2D eigenvalue weighted by molar-refractivity contribution is 5.90. The van der Waals surface area contributed by atoms with Gasteiger partial charge in [0.2, 0.25) is 0 Å². The Hall–Kier alpha value is -2.88. The summed E-state index contributed by atoms with van der Waals surface area (Å²) in [4.78, 5) is 23.4. The van der Waals surface area contributed by atoms with Gasteiger partial charge in [0.15, 0.2) is 0 Å². The van der Waals surface area contributed by atoms with Crippen LogP contribution >= 0.6 is 0 Å². The van der Waals surface area contributed by atoms with Crippen LogP contribution in [-0.2, 0) is 9.59 Å². The van der Waals surface area contributed by atoms with Gasteiger partial charge in [-0.2, -0.15) is 0 Å². The van der Waals surface area contributed by atoms with E-state index in [2.05, 4.69) is 13.2 Å². The maximum atomic E-state index is 12.2. The van der Waals surface area contributed by atoms with Crippen LogP contribution in [0, 0.1) is 5.41 Å². The molecule has 124 valence electrons. The Kier molecular flexibility index (Phi) is 5.53. The number of allylic oxidation sites excluding steroid dienone is 4. The maximum absolute atomic E-state index is 12.2. The maximum Gasteiger partial charge on any atom is 0.338 e. The smallest absolute Gasteiger partial charge is 0.338 e. The van der Waals surface area contributed by atoms with Crippen molar-refractivity contribution in [3.8, 4) is 5.75 Å². The monoisotopic (exact) mass is 324 g/mol. The summed E-state index contributed by atoms with van der Waals surface area (Å²) in [7, 11) is 0. The molecule has 1 aromatic carbocycles. The fourth-order valence-corrected chi connectivity index (χ4v) is 2.70. The van der Waals surface area contributed by atoms with Gasteiger partial charge >= 0.3 is 11.9 Å². The third kappa shape index (κ3) is 4.56. The lowest BCUT2D eigenvalue weighted by molar-refractivity contribution is -0.133. The Labute approximate surface area is 141 Å². The summed E-state index contributed by atoms with van der Waals surface area (Å²) in [5, 5.41) is 9.11. The Morgan fingerprint density at radius 3 is 2.33 bits per heavy atom. The molecule has 0 aliphatic heterocycles. The first-order valence-corrected chi connectivity index (χ1v) is 7.62. The number of carbonyl (C=O) groups is 2. The molecule has 4 nitrogen and oxygen atoms in total. The van der Waals surface area contributed by atoms with Crippen LogP contribution < -0.4 is 4.74 Å². The van der Waals surface area contributed by atoms with Gasteiger partial charge in [-0.3, -0.25) is 0 Å². The van der Waals surface area contributed by atoms with E-state index >= 15 is 0 Å². The zero-order valence-electron chi connectivity index (χ0n) is 13.4. The van der Waals surface area contributed by atoms with E-state index in [1.54, 1.807) is 24.3 Å². The van der Waals surface area contributed by atoms with Gasteiger partial charge in [-0.1, -0.05) is 55.7 Å². The van der Waals surface area contributed by atoms with E-state index in [-0.39, 0.29) is 12.0 Å². The van der Waals surface area contributed by atoms with E-state index in [9.17, 15) is 9.59 Å². The number of hydrogen-bond acceptors (Lipinski definition) is 3. The van der Waals surface area contributed by atoms with E-state index in [4.69, 9.17) is 9.84 Å². The lowest BCUT2D eigenvalue weighted by Crippen LogP contribution is -2.25. The summed E-state index contributed by atoms with van der Waals surface area (Å²) >= 11 is 0. The van der Waals surface area contributed by atoms with Crippen molar-refractivity contribution in [3.05, 3.63) is 78.9 Å². The summed E-state index contributed by atoms with van der Waals surface area (Å²) in [6.45, 7) is 7.44. The molecule has 1 aliphatic carbocycles. The highest BCUT2D eigenvalue weighted by Crippen LogP contribution is 2.40. The molecule has 0 aromatic heterocycles. The van der Waals surface area contributed by atoms with Gasteiger partial charge in [-0.15, -0.1) is 0 Å². The first-order chi connectivity index (χ1) is 11.4. The third-order valence-corrected chi connectivity index (χ3v) is 3.90. The predicted molar refractivity (Wildman–Crippen MR) is 92.6 cm³/mol. The van der Waals surface area contributed by atoms with Crippen molar-refractivity contribution < 1.29 is 19.4 Å². The average Bonchev–Trinajstić information content (AvgIpc) is 2.56. The van der Waals surface area contributed by atoms with Crippen molar-refractivity contribution in [2.24, 2.45) is 5.41 Å². The zero-order valence-corrected chi connectivity index (χ0v) is 13.4. The second kappa shape index (κ2) is 7.59. The SMILES string of the molecule is C=C(CC1(CC(=C)C(=O)Oc2ccccc2)C=CC=CC1)C(=O)O. The van der Waals surface area contributed by atoms with E-state index < -0.39 is 17.4 Å². The molecule has 0 bridgehead atoms. The molecule has 1 unspecified atom stereocenters. The Bertz CT molecular complexity index is 712. The molecule has 2 rings (SSSR count). The molecule has 0 amide bonds. The molecule has 0 saturated carbocycles. The number of aliphatic carboxylic acids is 1. The Morgan fingerprint density at radius 1 is 1.08 bits per heavy atom. The molecule has 0 heterocycles. The van der Waals surface area contributed by atoms with Crippen LogP contribution in [0.2, 0.25) is 0 Å². The van der Waals surface area contributed by atoms with Crippen LogP contribution in [0.1, 0.15) is 19.3 Å². The summed E-state index contributed by atoms with van der Waals surface area (Å²) in [5.74, 6) is -1.09. The van der Waals surface area contributed by atoms with Gasteiger partial charge in [0, 0.05) is 16.6 Å². The van der Waals surface area contributed by atoms with Crippen molar-refractivity contribution in [1.29, 1.82) is 0 Å². The molecule has 4 heteroatoms. The van der Waals surface area contributed by atoms with Crippen LogP contribution in [0.3, 0.4) is 0 Å². The number of benzene rings is 1. The molecule has 0 fully saturated rings. The average molecular weight is 324 g/mol. The molecule has 1 aliphatic rings. The standard InChI is InChI=1S/C20H20O4/c1-15(18(21)22)13-20(11-7-4-8-12-20)14-16(2)19(23)24-17-9-5-3-6-10-17/h3-11H,1-2,12-14H2,(H,21,22). The van der Waals surface area contributed by atoms with Crippen molar-refractivity contribution in [3.63, 3.8) is 0 Å². The molecule has 0 radical (unpaired) electrons. The fourth-order valence-electron chi connectivity index (χ4n) is 2.70. The fraction of sp³-hybridized carbons (Fsp3) is 0.200. The van der Waals surface area contributed by atoms with E-state index in [0.717, 1.165) is 0 Å². The first-order valence-electron chi connectivity index (χ1n) is 7.62. The molecule has 24 heavy (non-hydrogen) atoms. The lowest BCUT2D eigenvalue weighted by atomic mass is 9.72. The van der Waals surface area contributed by atoms with Crippen molar-refractivity contribution in [1.82, 2.24) is 0 Å². The minimum atomic E-state index is -1.03. The normalized spacial score (nSPS) is 18.8. The van der Waals surface area contributed by atoms with Crippen LogP contribution in [-0.4, -0.2) is 17.0 Å². The minimum absolute atomic E-state index is 0.110. The number of carboxylic acids is 1. The van der Waals surface area contributed by atoms with Gasteiger partial charge in [-0.05, 0) is 31.4 Å². The molecule has 0 saturated heterocycles. The van der Waals surface area contributed by atoms with Crippen LogP contribution in [0.25, 0.3) is 0 Å². The number of carboxylic acid groups (broad SMARTS) is 1. The number of hydrogen-bond donors (Lipinski definition) is 1. The molecular weight excluding hydrogens is 304 g/mol. The molecule has 1 aromatic rings. The highest BCUT2D eigenvalue weighted by Gasteiger charge is 2.32. The largest absolute Gasteiger partial charge is 0.478 e. The quantitative estimate of drug-likeness (QED) is 0.466. The van der Waals surface area contributed by atoms with Crippen molar-refractivity contribution in [2.45, 2.75) is 19.3 Å². The van der Waals surface area contributed by atoms with Crippen LogP contribution in [0.4, 0.5) is 0 Å². The van der Waals surface area contributed by atoms with Crippen molar-refractivity contribution >= 4 is 11.9 Å². The topological polar surface area (TPSA) is 63.6 Å². The lowest BCUT2D eigenvalue weighted by Gasteiger charge is -2.31. The summed E-state index contributed by atoms with van der Waals surface area (Å²) < 4.78 is 5.30. The number of para-hydroxylation sites is 1. The van der Waals surface area contributed by atoms with E-state index in [1.807, 2.05) is 30.4 Å². The van der Waals surface area contributed by atoms with E-state index in [1.165, 1.54) is 0 Å². The van der Waals surface area contributed by atoms with Gasteiger partial charge in [0.1, 0.15) is 5.75 Å². The van der Waals surface area contributed by atoms with Gasteiger partial charge in [-0.25, -0.2) is 9.59 Å².